The molecule has 0 bridgehead atoms. The Bertz CT molecular complexity index is 544. The van der Waals surface area contributed by atoms with Gasteiger partial charge < -0.3 is 15.6 Å². The monoisotopic (exact) mass is 264 g/mol. The number of carbonyl (C=O) groups excluding carboxylic acids is 1. The number of benzene rings is 1. The van der Waals surface area contributed by atoms with Gasteiger partial charge in [0.15, 0.2) is 0 Å². The number of rotatable bonds is 3. The summed E-state index contributed by atoms with van der Waals surface area (Å²) in [7, 11) is 0. The average Bonchev–Trinajstić information content (AvgIpc) is 2.25. The van der Waals surface area contributed by atoms with E-state index < -0.39 is 23.4 Å². The topological polar surface area (TPSA) is 113 Å². The van der Waals surface area contributed by atoms with Crippen LogP contribution in [0.1, 0.15) is 47.1 Å². The minimum Gasteiger partial charge on any atom is -0.478 e. The minimum absolute atomic E-state index is 0.0256. The van der Waals surface area contributed by atoms with Crippen LogP contribution in [0.15, 0.2) is 18.2 Å². The molecule has 0 atom stereocenters. The zero-order valence-corrected chi connectivity index (χ0v) is 11.0. The number of ether oxygens (including phenoxy) is 1. The van der Waals surface area contributed by atoms with Gasteiger partial charge in [-0.25, -0.2) is 9.59 Å². The number of amidine groups is 1. The first-order chi connectivity index (χ1) is 8.63. The lowest BCUT2D eigenvalue weighted by Crippen LogP contribution is -2.27. The van der Waals surface area contributed by atoms with E-state index in [9.17, 15) is 9.59 Å². The van der Waals surface area contributed by atoms with E-state index in [0.717, 1.165) is 0 Å². The summed E-state index contributed by atoms with van der Waals surface area (Å²) in [6.45, 7) is 5.08. The van der Waals surface area contributed by atoms with E-state index in [4.69, 9.17) is 21.0 Å². The molecule has 1 aromatic carbocycles. The predicted molar refractivity (Wildman–Crippen MR) is 69.6 cm³/mol. The molecule has 1 aromatic rings. The highest BCUT2D eigenvalue weighted by Crippen LogP contribution is 2.19. The Hall–Kier alpha value is -2.37. The summed E-state index contributed by atoms with van der Waals surface area (Å²) in [5.41, 5.74) is 4.30. The Morgan fingerprint density at radius 2 is 1.79 bits per heavy atom. The molecule has 0 heterocycles. The van der Waals surface area contributed by atoms with Crippen molar-refractivity contribution in [2.24, 2.45) is 5.73 Å². The van der Waals surface area contributed by atoms with Crippen molar-refractivity contribution in [2.75, 3.05) is 0 Å². The molecule has 1 rings (SSSR count). The number of hydrogen-bond acceptors (Lipinski definition) is 4. The second kappa shape index (κ2) is 5.09. The first kappa shape index (κ1) is 14.7. The van der Waals surface area contributed by atoms with E-state index in [-0.39, 0.29) is 16.7 Å². The summed E-state index contributed by atoms with van der Waals surface area (Å²) in [4.78, 5) is 23.1. The van der Waals surface area contributed by atoms with E-state index in [1.54, 1.807) is 20.8 Å². The Kier molecular flexibility index (Phi) is 3.94. The van der Waals surface area contributed by atoms with Crippen molar-refractivity contribution in [2.45, 2.75) is 26.4 Å². The smallest absolute Gasteiger partial charge is 0.339 e. The van der Waals surface area contributed by atoms with Gasteiger partial charge in [0.05, 0.1) is 11.1 Å². The largest absolute Gasteiger partial charge is 0.478 e. The maximum absolute atomic E-state index is 12.0. The van der Waals surface area contributed by atoms with E-state index in [1.807, 2.05) is 0 Å². The van der Waals surface area contributed by atoms with Crippen LogP contribution in [-0.2, 0) is 4.74 Å². The van der Waals surface area contributed by atoms with Crippen molar-refractivity contribution in [3.05, 3.63) is 34.9 Å². The van der Waals surface area contributed by atoms with Crippen molar-refractivity contribution in [1.82, 2.24) is 0 Å². The van der Waals surface area contributed by atoms with Crippen LogP contribution < -0.4 is 5.73 Å². The molecule has 0 saturated heterocycles. The number of aromatic carboxylic acids is 1. The van der Waals surface area contributed by atoms with E-state index in [1.165, 1.54) is 18.2 Å². The molecule has 0 spiro atoms. The fourth-order valence-corrected chi connectivity index (χ4v) is 1.52. The van der Waals surface area contributed by atoms with E-state index in [0.29, 0.717) is 0 Å². The number of nitrogens with two attached hydrogens (primary N) is 1. The zero-order chi connectivity index (χ0) is 14.8. The normalized spacial score (nSPS) is 10.9. The summed E-state index contributed by atoms with van der Waals surface area (Å²) >= 11 is 0. The van der Waals surface area contributed by atoms with Crippen LogP contribution in [0.25, 0.3) is 0 Å². The molecule has 0 unspecified atom stereocenters. The summed E-state index contributed by atoms with van der Waals surface area (Å²) in [6, 6.07) is 4.08. The maximum atomic E-state index is 12.0. The number of esters is 1. The highest BCUT2D eigenvalue weighted by atomic mass is 16.6. The fraction of sp³-hybridized carbons (Fsp3) is 0.308. The number of carbonyl (C=O) groups is 2. The van der Waals surface area contributed by atoms with Gasteiger partial charge in [0.2, 0.25) is 0 Å². The van der Waals surface area contributed by atoms with Crippen LogP contribution in [0.4, 0.5) is 0 Å². The molecule has 19 heavy (non-hydrogen) atoms. The summed E-state index contributed by atoms with van der Waals surface area (Å²) in [5, 5.41) is 16.5. The lowest BCUT2D eigenvalue weighted by atomic mass is 10.00. The Balaban J connectivity index is 3.36. The van der Waals surface area contributed by atoms with E-state index in [2.05, 4.69) is 0 Å². The van der Waals surface area contributed by atoms with E-state index >= 15 is 0 Å². The molecule has 0 fully saturated rings. The fourth-order valence-electron chi connectivity index (χ4n) is 1.52. The number of nitrogen functional groups attached to an aromatic ring is 1. The summed E-state index contributed by atoms with van der Waals surface area (Å²) in [6.07, 6.45) is 0. The van der Waals surface area contributed by atoms with Crippen LogP contribution in [0.2, 0.25) is 0 Å². The maximum Gasteiger partial charge on any atom is 0.339 e. The molecule has 6 heteroatoms. The Labute approximate surface area is 110 Å². The van der Waals surface area contributed by atoms with Gasteiger partial charge in [0.25, 0.3) is 0 Å². The van der Waals surface area contributed by atoms with Crippen LogP contribution in [0.3, 0.4) is 0 Å². The molecule has 6 nitrogen and oxygen atoms in total. The van der Waals surface area contributed by atoms with Gasteiger partial charge in [0.1, 0.15) is 11.4 Å². The lowest BCUT2D eigenvalue weighted by Gasteiger charge is -2.20. The van der Waals surface area contributed by atoms with Crippen LogP contribution >= 0.6 is 0 Å². The van der Waals surface area contributed by atoms with Crippen molar-refractivity contribution < 1.29 is 19.4 Å². The number of carboxylic acid groups (broad SMARTS) is 1. The molecule has 4 N–H and O–H groups in total. The van der Waals surface area contributed by atoms with Crippen LogP contribution in [0.5, 0.6) is 0 Å². The van der Waals surface area contributed by atoms with Crippen molar-refractivity contribution in [3.63, 3.8) is 0 Å². The van der Waals surface area contributed by atoms with Gasteiger partial charge in [-0.05, 0) is 32.9 Å². The second-order valence-electron chi connectivity index (χ2n) is 4.95. The molecule has 0 aliphatic carbocycles. The predicted octanol–water partition coefficient (Wildman–Crippen LogP) is 1.62. The van der Waals surface area contributed by atoms with Gasteiger partial charge in [0, 0.05) is 5.56 Å². The van der Waals surface area contributed by atoms with Crippen LogP contribution in [0, 0.1) is 5.41 Å². The number of hydrogen-bond donors (Lipinski definition) is 3. The minimum atomic E-state index is -1.25. The molecule has 0 saturated carbocycles. The van der Waals surface area contributed by atoms with Crippen molar-refractivity contribution in [3.8, 4) is 0 Å². The van der Waals surface area contributed by atoms with Gasteiger partial charge >= 0.3 is 11.9 Å². The van der Waals surface area contributed by atoms with Crippen molar-refractivity contribution >= 4 is 17.8 Å². The molecule has 0 radical (unpaired) electrons. The third kappa shape index (κ3) is 3.54. The number of nitrogens with one attached hydrogen (secondary N) is 1. The SMILES string of the molecule is CC(C)(C)OC(=O)c1cccc(C(=O)O)c1C(=N)N. The van der Waals surface area contributed by atoms with Gasteiger partial charge in [-0.15, -0.1) is 0 Å². The molecular weight excluding hydrogens is 248 g/mol. The summed E-state index contributed by atoms with van der Waals surface area (Å²) in [5.74, 6) is -2.45. The van der Waals surface area contributed by atoms with Crippen molar-refractivity contribution in [1.29, 1.82) is 5.41 Å². The highest BCUT2D eigenvalue weighted by Gasteiger charge is 2.24. The number of carboxylic acids is 1. The third-order valence-electron chi connectivity index (χ3n) is 2.18. The molecule has 0 aromatic heterocycles. The molecule has 0 aliphatic rings. The Morgan fingerprint density at radius 1 is 1.26 bits per heavy atom. The second-order valence-corrected chi connectivity index (χ2v) is 4.95. The summed E-state index contributed by atoms with van der Waals surface area (Å²) < 4.78 is 5.17. The Morgan fingerprint density at radius 3 is 2.21 bits per heavy atom. The molecule has 102 valence electrons. The average molecular weight is 264 g/mol. The quantitative estimate of drug-likeness (QED) is 0.436. The standard InChI is InChI=1S/C13H16N2O4/c1-13(2,3)19-12(18)8-6-4-5-7(11(16)17)9(8)10(14)15/h4-6H,1-3H3,(H3,14,15)(H,16,17). The van der Waals surface area contributed by atoms with Gasteiger partial charge in [-0.2, -0.15) is 0 Å². The zero-order valence-electron chi connectivity index (χ0n) is 11.0. The first-order valence-electron chi connectivity index (χ1n) is 5.57. The third-order valence-corrected chi connectivity index (χ3v) is 2.18. The molecule has 0 amide bonds. The molecule has 0 aliphatic heterocycles. The first-order valence-corrected chi connectivity index (χ1v) is 5.57. The molecular formula is C13H16N2O4. The van der Waals surface area contributed by atoms with Gasteiger partial charge in [-0.3, -0.25) is 5.41 Å². The highest BCUT2D eigenvalue weighted by molar-refractivity contribution is 6.12. The van der Waals surface area contributed by atoms with Crippen LogP contribution in [-0.4, -0.2) is 28.5 Å². The van der Waals surface area contributed by atoms with Gasteiger partial charge in [-0.1, -0.05) is 6.07 Å². The lowest BCUT2D eigenvalue weighted by molar-refractivity contribution is 0.00692.